The maximum atomic E-state index is 11.9. The highest BCUT2D eigenvalue weighted by Crippen LogP contribution is 2.19. The van der Waals surface area contributed by atoms with E-state index in [0.717, 1.165) is 6.54 Å². The van der Waals surface area contributed by atoms with Crippen molar-refractivity contribution < 1.29 is 8.42 Å². The van der Waals surface area contributed by atoms with Gasteiger partial charge in [-0.25, -0.2) is 13.1 Å². The van der Waals surface area contributed by atoms with Gasteiger partial charge in [-0.05, 0) is 25.6 Å². The van der Waals surface area contributed by atoms with E-state index in [2.05, 4.69) is 10.0 Å². The summed E-state index contributed by atoms with van der Waals surface area (Å²) >= 11 is 5.85. The van der Waals surface area contributed by atoms with Gasteiger partial charge in [0.25, 0.3) is 0 Å². The van der Waals surface area contributed by atoms with Crippen LogP contribution in [-0.2, 0) is 10.0 Å². The Morgan fingerprint density at radius 2 is 1.94 bits per heavy atom. The van der Waals surface area contributed by atoms with E-state index in [1.807, 2.05) is 13.8 Å². The Labute approximate surface area is 120 Å². The van der Waals surface area contributed by atoms with Gasteiger partial charge in [-0.15, -0.1) is 12.4 Å². The zero-order valence-corrected chi connectivity index (χ0v) is 12.7. The SMILES string of the molecule is CCN[C@H](C)CNS(=O)(=O)c1ccccc1Cl.Cl. The van der Waals surface area contributed by atoms with Gasteiger partial charge in [0, 0.05) is 12.6 Å². The quantitative estimate of drug-likeness (QED) is 0.845. The number of nitrogens with one attached hydrogen (secondary N) is 2. The molecule has 0 aliphatic carbocycles. The predicted octanol–water partition coefficient (Wildman–Crippen LogP) is 2.04. The van der Waals surface area contributed by atoms with Crippen LogP contribution in [0.4, 0.5) is 0 Å². The first-order chi connectivity index (χ1) is 7.97. The minimum Gasteiger partial charge on any atom is -0.313 e. The molecule has 0 saturated carbocycles. The van der Waals surface area contributed by atoms with Crippen molar-refractivity contribution in [2.45, 2.75) is 24.8 Å². The summed E-state index contributed by atoms with van der Waals surface area (Å²) in [5.74, 6) is 0. The number of sulfonamides is 1. The molecule has 0 aliphatic heterocycles. The third kappa shape index (κ3) is 5.12. The van der Waals surface area contributed by atoms with Crippen LogP contribution in [0.1, 0.15) is 13.8 Å². The van der Waals surface area contributed by atoms with Crippen molar-refractivity contribution in [2.75, 3.05) is 13.1 Å². The first-order valence-electron chi connectivity index (χ1n) is 5.45. The van der Waals surface area contributed by atoms with E-state index in [1.54, 1.807) is 18.2 Å². The van der Waals surface area contributed by atoms with Gasteiger partial charge < -0.3 is 5.32 Å². The number of benzene rings is 1. The lowest BCUT2D eigenvalue weighted by atomic mass is 10.3. The topological polar surface area (TPSA) is 58.2 Å². The van der Waals surface area contributed by atoms with Gasteiger partial charge in [0.15, 0.2) is 0 Å². The summed E-state index contributed by atoms with van der Waals surface area (Å²) in [6.07, 6.45) is 0. The summed E-state index contributed by atoms with van der Waals surface area (Å²) in [4.78, 5) is 0.116. The minimum atomic E-state index is -3.53. The average Bonchev–Trinajstić information content (AvgIpc) is 2.27. The standard InChI is InChI=1S/C11H17ClN2O2S.ClH/c1-3-13-9(2)8-14-17(15,16)11-7-5-4-6-10(11)12;/h4-7,9,13-14H,3,8H2,1-2H3;1H/t9-;/m1./s1. The van der Waals surface area contributed by atoms with Crippen molar-refractivity contribution in [1.29, 1.82) is 0 Å². The van der Waals surface area contributed by atoms with E-state index in [1.165, 1.54) is 6.07 Å². The highest BCUT2D eigenvalue weighted by molar-refractivity contribution is 7.89. The van der Waals surface area contributed by atoms with E-state index in [-0.39, 0.29) is 28.4 Å². The molecule has 104 valence electrons. The van der Waals surface area contributed by atoms with Crippen LogP contribution in [0.25, 0.3) is 0 Å². The molecule has 1 aromatic rings. The van der Waals surface area contributed by atoms with E-state index in [4.69, 9.17) is 11.6 Å². The molecular formula is C11H18Cl2N2O2S. The van der Waals surface area contributed by atoms with Crippen LogP contribution in [-0.4, -0.2) is 27.5 Å². The second-order valence-corrected chi connectivity index (χ2v) is 5.88. The molecule has 1 rings (SSSR count). The summed E-state index contributed by atoms with van der Waals surface area (Å²) in [5.41, 5.74) is 0. The second kappa shape index (κ2) is 7.96. The Morgan fingerprint density at radius 1 is 1.33 bits per heavy atom. The van der Waals surface area contributed by atoms with Crippen molar-refractivity contribution in [3.8, 4) is 0 Å². The highest BCUT2D eigenvalue weighted by atomic mass is 35.5. The fraction of sp³-hybridized carbons (Fsp3) is 0.455. The van der Waals surface area contributed by atoms with Gasteiger partial charge in [0.2, 0.25) is 10.0 Å². The largest absolute Gasteiger partial charge is 0.313 e. The summed E-state index contributed by atoms with van der Waals surface area (Å²) in [6.45, 7) is 5.02. The monoisotopic (exact) mass is 312 g/mol. The molecule has 0 unspecified atom stereocenters. The molecular weight excluding hydrogens is 295 g/mol. The molecule has 0 radical (unpaired) electrons. The number of hydrogen-bond donors (Lipinski definition) is 2. The normalized spacial score (nSPS) is 12.8. The van der Waals surface area contributed by atoms with Crippen LogP contribution < -0.4 is 10.0 Å². The van der Waals surface area contributed by atoms with Crippen LogP contribution in [0.3, 0.4) is 0 Å². The number of halogens is 2. The molecule has 7 heteroatoms. The molecule has 0 heterocycles. The minimum absolute atomic E-state index is 0. The fourth-order valence-corrected chi connectivity index (χ4v) is 3.04. The second-order valence-electron chi connectivity index (χ2n) is 3.74. The fourth-order valence-electron chi connectivity index (χ4n) is 1.40. The molecule has 0 saturated heterocycles. The number of rotatable bonds is 6. The summed E-state index contributed by atoms with van der Waals surface area (Å²) in [6, 6.07) is 6.47. The summed E-state index contributed by atoms with van der Waals surface area (Å²) in [5, 5.41) is 3.36. The van der Waals surface area contributed by atoms with Crippen LogP contribution in [0, 0.1) is 0 Å². The van der Waals surface area contributed by atoms with Crippen LogP contribution in [0.2, 0.25) is 5.02 Å². The van der Waals surface area contributed by atoms with Crippen molar-refractivity contribution in [3.63, 3.8) is 0 Å². The predicted molar refractivity (Wildman–Crippen MR) is 77.0 cm³/mol. The van der Waals surface area contributed by atoms with Gasteiger partial charge >= 0.3 is 0 Å². The molecule has 2 N–H and O–H groups in total. The van der Waals surface area contributed by atoms with Crippen molar-refractivity contribution in [2.24, 2.45) is 0 Å². The van der Waals surface area contributed by atoms with E-state index < -0.39 is 10.0 Å². The van der Waals surface area contributed by atoms with Crippen LogP contribution >= 0.6 is 24.0 Å². The zero-order chi connectivity index (χ0) is 12.9. The average molecular weight is 313 g/mol. The van der Waals surface area contributed by atoms with Gasteiger partial charge in [0.05, 0.1) is 5.02 Å². The molecule has 0 aliphatic rings. The van der Waals surface area contributed by atoms with Crippen molar-refractivity contribution >= 4 is 34.0 Å². The Morgan fingerprint density at radius 3 is 2.50 bits per heavy atom. The summed E-state index contributed by atoms with van der Waals surface area (Å²) < 4.78 is 26.4. The molecule has 18 heavy (non-hydrogen) atoms. The molecule has 4 nitrogen and oxygen atoms in total. The van der Waals surface area contributed by atoms with Crippen molar-refractivity contribution in [1.82, 2.24) is 10.0 Å². The lowest BCUT2D eigenvalue weighted by molar-refractivity contribution is 0.536. The van der Waals surface area contributed by atoms with E-state index in [0.29, 0.717) is 6.54 Å². The van der Waals surface area contributed by atoms with E-state index in [9.17, 15) is 8.42 Å². The van der Waals surface area contributed by atoms with Gasteiger partial charge in [0.1, 0.15) is 4.90 Å². The van der Waals surface area contributed by atoms with Gasteiger partial charge in [-0.3, -0.25) is 0 Å². The zero-order valence-electron chi connectivity index (χ0n) is 10.3. The molecule has 0 aromatic heterocycles. The molecule has 0 bridgehead atoms. The maximum Gasteiger partial charge on any atom is 0.242 e. The van der Waals surface area contributed by atoms with Gasteiger partial charge in [-0.2, -0.15) is 0 Å². The maximum absolute atomic E-state index is 11.9. The Bertz CT molecular complexity index is 466. The van der Waals surface area contributed by atoms with E-state index >= 15 is 0 Å². The molecule has 0 amide bonds. The molecule has 0 fully saturated rings. The number of hydrogen-bond acceptors (Lipinski definition) is 3. The Hall–Kier alpha value is -0.330. The number of likely N-dealkylation sites (N-methyl/N-ethyl adjacent to an activating group) is 1. The van der Waals surface area contributed by atoms with Gasteiger partial charge in [-0.1, -0.05) is 30.7 Å². The van der Waals surface area contributed by atoms with Crippen molar-refractivity contribution in [3.05, 3.63) is 29.3 Å². The highest BCUT2D eigenvalue weighted by Gasteiger charge is 2.17. The third-order valence-electron chi connectivity index (χ3n) is 2.26. The van der Waals surface area contributed by atoms with Crippen LogP contribution in [0.5, 0.6) is 0 Å². The first kappa shape index (κ1) is 17.7. The summed E-state index contributed by atoms with van der Waals surface area (Å²) in [7, 11) is -3.53. The smallest absolute Gasteiger partial charge is 0.242 e. The lowest BCUT2D eigenvalue weighted by Gasteiger charge is -2.14. The molecule has 1 aromatic carbocycles. The first-order valence-corrected chi connectivity index (χ1v) is 7.31. The third-order valence-corrected chi connectivity index (χ3v) is 4.18. The molecule has 0 spiro atoms. The Balaban J connectivity index is 0.00000289. The Kier molecular flexibility index (Phi) is 7.82. The molecule has 1 atom stereocenters. The van der Waals surface area contributed by atoms with Crippen LogP contribution in [0.15, 0.2) is 29.2 Å². The lowest BCUT2D eigenvalue weighted by Crippen LogP contribution is -2.38.